The highest BCUT2D eigenvalue weighted by Gasteiger charge is 2.20. The minimum absolute atomic E-state index is 0.178. The molecule has 1 N–H and O–H groups in total. The van der Waals surface area contributed by atoms with Crippen molar-refractivity contribution in [3.05, 3.63) is 28.8 Å². The van der Waals surface area contributed by atoms with Crippen LogP contribution in [0, 0.1) is 13.8 Å². The third-order valence-electron chi connectivity index (χ3n) is 3.06. The second kappa shape index (κ2) is 7.60. The first-order chi connectivity index (χ1) is 11.2. The molecular weight excluding hydrogens is 368 g/mol. The summed E-state index contributed by atoms with van der Waals surface area (Å²) >= 11 is 2.72. The van der Waals surface area contributed by atoms with Gasteiger partial charge in [0.2, 0.25) is 15.9 Å². The number of hydrogen-bond acceptors (Lipinski definition) is 7. The summed E-state index contributed by atoms with van der Waals surface area (Å²) in [6.07, 6.45) is 0. The van der Waals surface area contributed by atoms with Crippen LogP contribution in [-0.4, -0.2) is 48.7 Å². The number of hydrogen-bond donors (Lipinski definition) is 1. The molecule has 0 aliphatic carbocycles. The van der Waals surface area contributed by atoms with E-state index in [0.29, 0.717) is 11.3 Å². The van der Waals surface area contributed by atoms with E-state index < -0.39 is 10.0 Å². The topological polar surface area (TPSA) is 92.3 Å². The molecule has 1 amide bonds. The van der Waals surface area contributed by atoms with Gasteiger partial charge >= 0.3 is 0 Å². The van der Waals surface area contributed by atoms with Crippen LogP contribution in [0.1, 0.15) is 10.6 Å². The average Bonchev–Trinajstić information content (AvgIpc) is 2.92. The molecular formula is C14H18N4O3S3. The monoisotopic (exact) mass is 386 g/mol. The van der Waals surface area contributed by atoms with Gasteiger partial charge in [0.05, 0.1) is 10.6 Å². The SMILES string of the molecule is Cc1nnc(SCC(=O)Nc2ccc(C)c(S(=O)(=O)N(C)C)c2)s1. The third kappa shape index (κ3) is 4.53. The minimum Gasteiger partial charge on any atom is -0.325 e. The molecule has 7 nitrogen and oxygen atoms in total. The first-order valence-electron chi connectivity index (χ1n) is 6.96. The Hall–Kier alpha value is -1.49. The first kappa shape index (κ1) is 18.8. The van der Waals surface area contributed by atoms with Crippen molar-refractivity contribution in [1.82, 2.24) is 14.5 Å². The van der Waals surface area contributed by atoms with E-state index in [9.17, 15) is 13.2 Å². The van der Waals surface area contributed by atoms with E-state index in [1.807, 2.05) is 6.92 Å². The van der Waals surface area contributed by atoms with Gasteiger partial charge in [-0.1, -0.05) is 29.2 Å². The summed E-state index contributed by atoms with van der Waals surface area (Å²) < 4.78 is 26.5. The van der Waals surface area contributed by atoms with Gasteiger partial charge < -0.3 is 5.32 Å². The molecule has 1 aromatic heterocycles. The quantitative estimate of drug-likeness (QED) is 0.765. The molecule has 2 rings (SSSR count). The summed E-state index contributed by atoms with van der Waals surface area (Å²) in [5, 5.41) is 11.4. The smallest absolute Gasteiger partial charge is 0.242 e. The third-order valence-corrected chi connectivity index (χ3v) is 6.99. The minimum atomic E-state index is -3.56. The highest BCUT2D eigenvalue weighted by atomic mass is 32.2. The van der Waals surface area contributed by atoms with Crippen molar-refractivity contribution >= 4 is 44.7 Å². The van der Waals surface area contributed by atoms with Crippen LogP contribution in [0.15, 0.2) is 27.4 Å². The number of sulfonamides is 1. The van der Waals surface area contributed by atoms with Crippen molar-refractivity contribution < 1.29 is 13.2 Å². The molecule has 0 aliphatic heterocycles. The number of anilines is 1. The normalized spacial score (nSPS) is 11.7. The number of benzene rings is 1. The number of carbonyl (C=O) groups is 1. The Kier molecular flexibility index (Phi) is 5.97. The summed E-state index contributed by atoms with van der Waals surface area (Å²) in [7, 11) is -0.612. The van der Waals surface area contributed by atoms with Gasteiger partial charge in [-0.25, -0.2) is 12.7 Å². The Bertz CT molecular complexity index is 847. The van der Waals surface area contributed by atoms with Crippen LogP contribution in [0.3, 0.4) is 0 Å². The number of amides is 1. The van der Waals surface area contributed by atoms with E-state index in [4.69, 9.17) is 0 Å². The lowest BCUT2D eigenvalue weighted by Gasteiger charge is -2.15. The molecule has 10 heteroatoms. The molecule has 0 saturated carbocycles. The molecule has 1 heterocycles. The summed E-state index contributed by atoms with van der Waals surface area (Å²) in [5.41, 5.74) is 1.07. The Morgan fingerprint density at radius 2 is 2.00 bits per heavy atom. The van der Waals surface area contributed by atoms with Gasteiger partial charge in [0, 0.05) is 19.8 Å². The molecule has 0 bridgehead atoms. The summed E-state index contributed by atoms with van der Waals surface area (Å²) in [4.78, 5) is 12.2. The predicted molar refractivity (Wildman–Crippen MR) is 96.1 cm³/mol. The molecule has 0 unspecified atom stereocenters. The van der Waals surface area contributed by atoms with E-state index in [-0.39, 0.29) is 16.6 Å². The lowest BCUT2D eigenvalue weighted by atomic mass is 10.2. The van der Waals surface area contributed by atoms with Crippen LogP contribution in [-0.2, 0) is 14.8 Å². The standard InChI is InChI=1S/C14H18N4O3S3/c1-9-5-6-11(7-12(9)24(20,21)18(3)4)15-13(19)8-22-14-17-16-10(2)23-14/h5-7H,8H2,1-4H3,(H,15,19). The molecule has 0 aliphatic rings. The number of carbonyl (C=O) groups excluding carboxylic acids is 1. The fourth-order valence-electron chi connectivity index (χ4n) is 1.81. The van der Waals surface area contributed by atoms with Crippen LogP contribution in [0.25, 0.3) is 0 Å². The molecule has 0 spiro atoms. The lowest BCUT2D eigenvalue weighted by Crippen LogP contribution is -2.23. The van der Waals surface area contributed by atoms with E-state index in [1.165, 1.54) is 43.3 Å². The summed E-state index contributed by atoms with van der Waals surface area (Å²) in [6, 6.07) is 4.83. The lowest BCUT2D eigenvalue weighted by molar-refractivity contribution is -0.113. The van der Waals surface area contributed by atoms with Gasteiger partial charge in [-0.2, -0.15) is 0 Å². The fraction of sp³-hybridized carbons (Fsp3) is 0.357. The van der Waals surface area contributed by atoms with Gasteiger partial charge in [-0.15, -0.1) is 10.2 Å². The Labute approximate surface area is 149 Å². The van der Waals surface area contributed by atoms with Crippen LogP contribution >= 0.6 is 23.1 Å². The first-order valence-corrected chi connectivity index (χ1v) is 10.2. The van der Waals surface area contributed by atoms with E-state index in [1.54, 1.807) is 19.1 Å². The summed E-state index contributed by atoms with van der Waals surface area (Å²) in [6.45, 7) is 3.57. The molecule has 2 aromatic rings. The second-order valence-electron chi connectivity index (χ2n) is 5.19. The number of nitrogens with one attached hydrogen (secondary N) is 1. The molecule has 130 valence electrons. The largest absolute Gasteiger partial charge is 0.325 e. The number of aromatic nitrogens is 2. The Balaban J connectivity index is 2.08. The van der Waals surface area contributed by atoms with E-state index in [2.05, 4.69) is 15.5 Å². The van der Waals surface area contributed by atoms with Crippen molar-refractivity contribution in [2.24, 2.45) is 0 Å². The van der Waals surface area contributed by atoms with Crippen molar-refractivity contribution in [1.29, 1.82) is 0 Å². The average molecular weight is 387 g/mol. The van der Waals surface area contributed by atoms with Gasteiger partial charge in [0.25, 0.3) is 0 Å². The fourth-order valence-corrected chi connectivity index (χ4v) is 4.57. The highest BCUT2D eigenvalue weighted by Crippen LogP contribution is 2.24. The Morgan fingerprint density at radius 1 is 1.29 bits per heavy atom. The molecule has 0 saturated heterocycles. The van der Waals surface area contributed by atoms with Gasteiger partial charge in [-0.05, 0) is 31.5 Å². The predicted octanol–water partition coefficient (Wildman–Crippen LogP) is 2.14. The van der Waals surface area contributed by atoms with Crippen molar-refractivity contribution in [3.63, 3.8) is 0 Å². The zero-order valence-electron chi connectivity index (χ0n) is 13.7. The molecule has 0 fully saturated rings. The van der Waals surface area contributed by atoms with Crippen LogP contribution in [0.4, 0.5) is 5.69 Å². The zero-order chi connectivity index (χ0) is 17.9. The molecule has 24 heavy (non-hydrogen) atoms. The summed E-state index contributed by atoms with van der Waals surface area (Å²) in [5.74, 6) is -0.0527. The van der Waals surface area contributed by atoms with Crippen molar-refractivity contribution in [2.75, 3.05) is 25.2 Å². The van der Waals surface area contributed by atoms with E-state index in [0.717, 1.165) is 13.7 Å². The highest BCUT2D eigenvalue weighted by molar-refractivity contribution is 8.01. The second-order valence-corrected chi connectivity index (χ2v) is 9.72. The molecule has 0 atom stereocenters. The van der Waals surface area contributed by atoms with Crippen molar-refractivity contribution in [2.45, 2.75) is 23.1 Å². The zero-order valence-corrected chi connectivity index (χ0v) is 16.2. The maximum Gasteiger partial charge on any atom is 0.242 e. The van der Waals surface area contributed by atoms with Crippen LogP contribution in [0.5, 0.6) is 0 Å². The Morgan fingerprint density at radius 3 is 2.58 bits per heavy atom. The number of thioether (sulfide) groups is 1. The van der Waals surface area contributed by atoms with E-state index >= 15 is 0 Å². The van der Waals surface area contributed by atoms with Gasteiger partial charge in [-0.3, -0.25) is 4.79 Å². The molecule has 0 radical (unpaired) electrons. The van der Waals surface area contributed by atoms with Crippen LogP contribution in [0.2, 0.25) is 0 Å². The van der Waals surface area contributed by atoms with Crippen molar-refractivity contribution in [3.8, 4) is 0 Å². The van der Waals surface area contributed by atoms with Crippen LogP contribution < -0.4 is 5.32 Å². The number of aryl methyl sites for hydroxylation is 2. The maximum atomic E-state index is 12.3. The number of nitrogens with zero attached hydrogens (tertiary/aromatic N) is 3. The van der Waals surface area contributed by atoms with Gasteiger partial charge in [0.1, 0.15) is 5.01 Å². The van der Waals surface area contributed by atoms with Gasteiger partial charge in [0.15, 0.2) is 4.34 Å². The number of rotatable bonds is 6. The maximum absolute atomic E-state index is 12.3. The molecule has 1 aromatic carbocycles.